The highest BCUT2D eigenvalue weighted by molar-refractivity contribution is 5.72. The summed E-state index contributed by atoms with van der Waals surface area (Å²) in [6.45, 7) is 14.4. The van der Waals surface area contributed by atoms with Crippen molar-refractivity contribution < 1.29 is 19.1 Å². The molecule has 0 amide bonds. The normalized spacial score (nSPS) is 14.3. The molecule has 0 saturated heterocycles. The first-order chi connectivity index (χ1) is 11.2. The van der Waals surface area contributed by atoms with Crippen molar-refractivity contribution in [2.75, 3.05) is 6.61 Å². The van der Waals surface area contributed by atoms with Crippen LogP contribution in [0.15, 0.2) is 0 Å². The van der Waals surface area contributed by atoms with Gasteiger partial charge in [0.1, 0.15) is 6.10 Å². The summed E-state index contributed by atoms with van der Waals surface area (Å²) in [6, 6.07) is 0. The van der Waals surface area contributed by atoms with Gasteiger partial charge in [0.15, 0.2) is 0 Å². The molecule has 0 saturated carbocycles. The van der Waals surface area contributed by atoms with E-state index in [2.05, 4.69) is 6.92 Å². The number of ether oxygens (including phenoxy) is 2. The predicted octanol–water partition coefficient (Wildman–Crippen LogP) is 5.14. The molecule has 0 aliphatic heterocycles. The van der Waals surface area contributed by atoms with Crippen LogP contribution in [0.5, 0.6) is 0 Å². The number of unbranched alkanes of at least 4 members (excludes halogenated alkanes) is 1. The highest BCUT2D eigenvalue weighted by Crippen LogP contribution is 2.30. The van der Waals surface area contributed by atoms with E-state index in [0.29, 0.717) is 6.42 Å². The molecule has 0 spiro atoms. The Balaban J connectivity index is 4.76. The van der Waals surface area contributed by atoms with Gasteiger partial charge >= 0.3 is 11.9 Å². The van der Waals surface area contributed by atoms with E-state index in [4.69, 9.17) is 9.47 Å². The van der Waals surface area contributed by atoms with Crippen LogP contribution in [0.25, 0.3) is 0 Å². The molecule has 0 rings (SSSR count). The predicted molar refractivity (Wildman–Crippen MR) is 97.7 cm³/mol. The number of carbonyl (C=O) groups is 2. The van der Waals surface area contributed by atoms with Crippen molar-refractivity contribution in [3.05, 3.63) is 0 Å². The van der Waals surface area contributed by atoms with Gasteiger partial charge in [-0.05, 0) is 25.2 Å². The summed E-state index contributed by atoms with van der Waals surface area (Å²) in [5.74, 6) is -0.158. The quantitative estimate of drug-likeness (QED) is 0.461. The van der Waals surface area contributed by atoms with E-state index in [9.17, 15) is 9.59 Å². The number of carbonyl (C=O) groups excluding carboxylic acids is 2. The largest absolute Gasteiger partial charge is 0.465 e. The van der Waals surface area contributed by atoms with Gasteiger partial charge in [0.25, 0.3) is 0 Å². The van der Waals surface area contributed by atoms with E-state index in [1.165, 1.54) is 0 Å². The molecule has 0 radical (unpaired) electrons. The Morgan fingerprint density at radius 1 is 1.04 bits per heavy atom. The third-order valence-electron chi connectivity index (χ3n) is 4.41. The summed E-state index contributed by atoms with van der Waals surface area (Å²) in [5.41, 5.74) is -0.406. The Morgan fingerprint density at radius 3 is 2.12 bits per heavy atom. The third kappa shape index (κ3) is 8.16. The first-order valence-electron chi connectivity index (χ1n) is 9.55. The van der Waals surface area contributed by atoms with Crippen LogP contribution >= 0.6 is 0 Å². The molecular formula is C20H38O4. The molecule has 2 unspecified atom stereocenters. The summed E-state index contributed by atoms with van der Waals surface area (Å²) >= 11 is 0. The number of hydrogen-bond acceptors (Lipinski definition) is 4. The highest BCUT2D eigenvalue weighted by atomic mass is 16.6. The first-order valence-corrected chi connectivity index (χ1v) is 9.55. The fourth-order valence-corrected chi connectivity index (χ4v) is 3.00. The van der Waals surface area contributed by atoms with Crippen LogP contribution in [0.4, 0.5) is 0 Å². The molecule has 0 aliphatic carbocycles. The standard InChI is InChI=1S/C20H38O4/c1-8-11-13-16(10-3)19(22)23-14-20(6,7)18(15(4)5)24-17(21)12-9-2/h15-16,18H,8-14H2,1-7H3. The fraction of sp³-hybridized carbons (Fsp3) is 0.900. The zero-order valence-electron chi connectivity index (χ0n) is 16.8. The van der Waals surface area contributed by atoms with Crippen LogP contribution < -0.4 is 0 Å². The van der Waals surface area contributed by atoms with E-state index in [-0.39, 0.29) is 36.5 Å². The summed E-state index contributed by atoms with van der Waals surface area (Å²) in [4.78, 5) is 24.2. The van der Waals surface area contributed by atoms with E-state index in [1.807, 2.05) is 41.5 Å². The summed E-state index contributed by atoms with van der Waals surface area (Å²) < 4.78 is 11.3. The molecule has 0 aromatic rings. The van der Waals surface area contributed by atoms with Crippen LogP contribution in [0.1, 0.15) is 87.0 Å². The van der Waals surface area contributed by atoms with Crippen molar-refractivity contribution in [2.24, 2.45) is 17.3 Å². The van der Waals surface area contributed by atoms with Crippen LogP contribution in [0, 0.1) is 17.3 Å². The molecule has 0 N–H and O–H groups in total. The average Bonchev–Trinajstić information content (AvgIpc) is 2.51. The average molecular weight is 343 g/mol. The Morgan fingerprint density at radius 2 is 1.67 bits per heavy atom. The minimum atomic E-state index is -0.406. The van der Waals surface area contributed by atoms with E-state index >= 15 is 0 Å². The second-order valence-corrected chi connectivity index (χ2v) is 7.75. The van der Waals surface area contributed by atoms with Gasteiger partial charge in [0, 0.05) is 11.8 Å². The molecule has 0 heterocycles. The van der Waals surface area contributed by atoms with Gasteiger partial charge in [-0.25, -0.2) is 0 Å². The number of rotatable bonds is 12. The first kappa shape index (κ1) is 22.9. The van der Waals surface area contributed by atoms with Crippen LogP contribution in [0.3, 0.4) is 0 Å². The van der Waals surface area contributed by atoms with Crippen molar-refractivity contribution in [1.29, 1.82) is 0 Å². The zero-order valence-corrected chi connectivity index (χ0v) is 16.8. The Kier molecular flexibility index (Phi) is 11.0. The number of hydrogen-bond donors (Lipinski definition) is 0. The lowest BCUT2D eigenvalue weighted by Gasteiger charge is -2.36. The van der Waals surface area contributed by atoms with Crippen LogP contribution in [-0.4, -0.2) is 24.6 Å². The molecule has 2 atom stereocenters. The van der Waals surface area contributed by atoms with Crippen molar-refractivity contribution in [3.63, 3.8) is 0 Å². The summed E-state index contributed by atoms with van der Waals surface area (Å²) in [6.07, 6.45) is 4.74. The third-order valence-corrected chi connectivity index (χ3v) is 4.41. The van der Waals surface area contributed by atoms with Crippen molar-refractivity contribution in [2.45, 2.75) is 93.1 Å². The maximum Gasteiger partial charge on any atom is 0.308 e. The van der Waals surface area contributed by atoms with Gasteiger partial charge in [-0.2, -0.15) is 0 Å². The summed E-state index contributed by atoms with van der Waals surface area (Å²) in [7, 11) is 0. The molecule has 0 aliphatic rings. The topological polar surface area (TPSA) is 52.6 Å². The maximum absolute atomic E-state index is 12.3. The lowest BCUT2D eigenvalue weighted by atomic mass is 9.81. The van der Waals surface area contributed by atoms with Crippen molar-refractivity contribution in [3.8, 4) is 0 Å². The van der Waals surface area contributed by atoms with E-state index in [0.717, 1.165) is 32.1 Å². The van der Waals surface area contributed by atoms with Gasteiger partial charge in [-0.15, -0.1) is 0 Å². The van der Waals surface area contributed by atoms with Gasteiger partial charge in [0.05, 0.1) is 12.5 Å². The smallest absolute Gasteiger partial charge is 0.308 e. The van der Waals surface area contributed by atoms with Crippen LogP contribution in [-0.2, 0) is 19.1 Å². The monoisotopic (exact) mass is 342 g/mol. The minimum Gasteiger partial charge on any atom is -0.465 e. The van der Waals surface area contributed by atoms with Gasteiger partial charge < -0.3 is 9.47 Å². The Hall–Kier alpha value is -1.06. The molecule has 24 heavy (non-hydrogen) atoms. The van der Waals surface area contributed by atoms with Crippen molar-refractivity contribution in [1.82, 2.24) is 0 Å². The second kappa shape index (κ2) is 11.5. The van der Waals surface area contributed by atoms with E-state index < -0.39 is 5.41 Å². The molecule has 0 bridgehead atoms. The molecular weight excluding hydrogens is 304 g/mol. The maximum atomic E-state index is 12.3. The molecule has 0 fully saturated rings. The lowest BCUT2D eigenvalue weighted by Crippen LogP contribution is -2.42. The van der Waals surface area contributed by atoms with Crippen molar-refractivity contribution >= 4 is 11.9 Å². The van der Waals surface area contributed by atoms with Gasteiger partial charge in [-0.1, -0.05) is 61.3 Å². The number of esters is 2. The highest BCUT2D eigenvalue weighted by Gasteiger charge is 2.36. The SMILES string of the molecule is CCCCC(CC)C(=O)OCC(C)(C)C(OC(=O)CCC)C(C)C. The fourth-order valence-electron chi connectivity index (χ4n) is 3.00. The minimum absolute atomic E-state index is 0.0270. The summed E-state index contributed by atoms with van der Waals surface area (Å²) in [5, 5.41) is 0. The molecule has 0 aromatic heterocycles. The van der Waals surface area contributed by atoms with Gasteiger partial charge in [0.2, 0.25) is 0 Å². The van der Waals surface area contributed by atoms with Crippen LogP contribution in [0.2, 0.25) is 0 Å². The lowest BCUT2D eigenvalue weighted by molar-refractivity contribution is -0.167. The molecule has 4 heteroatoms. The van der Waals surface area contributed by atoms with E-state index in [1.54, 1.807) is 0 Å². The zero-order chi connectivity index (χ0) is 18.8. The Labute approximate surface area is 148 Å². The molecule has 0 aromatic carbocycles. The van der Waals surface area contributed by atoms with Gasteiger partial charge in [-0.3, -0.25) is 9.59 Å². The second-order valence-electron chi connectivity index (χ2n) is 7.75. The molecule has 142 valence electrons. The Bertz CT molecular complexity index is 374. The molecule has 4 nitrogen and oxygen atoms in total.